The monoisotopic (exact) mass is 412 g/mol. The summed E-state index contributed by atoms with van der Waals surface area (Å²) in [6.45, 7) is 0. The van der Waals surface area contributed by atoms with Crippen molar-refractivity contribution in [3.05, 3.63) is 56.5 Å². The van der Waals surface area contributed by atoms with Crippen molar-refractivity contribution in [2.75, 3.05) is 11.1 Å². The number of anilines is 2. The quantitative estimate of drug-likeness (QED) is 0.668. The molecule has 0 aromatic heterocycles. The second-order valence-electron chi connectivity index (χ2n) is 4.19. The summed E-state index contributed by atoms with van der Waals surface area (Å²) in [5, 5.41) is 11.7. The molecule has 1 amide bonds. The minimum absolute atomic E-state index is 0.00609. The molecule has 0 saturated carbocycles. The van der Waals surface area contributed by atoms with Crippen molar-refractivity contribution in [1.82, 2.24) is 0 Å². The molecule has 0 radical (unpaired) electrons. The Balaban J connectivity index is 2.38. The molecule has 0 atom stereocenters. The second kappa shape index (κ2) is 6.28. The van der Waals surface area contributed by atoms with Gasteiger partial charge < -0.3 is 16.2 Å². The van der Waals surface area contributed by atoms with Gasteiger partial charge in [0.25, 0.3) is 5.91 Å². The van der Waals surface area contributed by atoms with E-state index in [1.807, 2.05) is 0 Å². The van der Waals surface area contributed by atoms with Crippen LogP contribution in [0.25, 0.3) is 0 Å². The molecule has 0 aliphatic carbocycles. The third kappa shape index (κ3) is 3.62. The molecule has 5 nitrogen and oxygen atoms in total. The molecule has 0 unspecified atom stereocenters. The van der Waals surface area contributed by atoms with Gasteiger partial charge in [-0.3, -0.25) is 4.79 Å². The van der Waals surface area contributed by atoms with E-state index in [0.29, 0.717) is 20.2 Å². The summed E-state index contributed by atoms with van der Waals surface area (Å²) >= 11 is 6.51. The predicted molar refractivity (Wildman–Crippen MR) is 87.6 cm³/mol. The van der Waals surface area contributed by atoms with Gasteiger partial charge in [0.05, 0.1) is 16.8 Å². The molecule has 21 heavy (non-hydrogen) atoms. The van der Waals surface area contributed by atoms with Crippen LogP contribution in [0.15, 0.2) is 45.3 Å². The van der Waals surface area contributed by atoms with E-state index in [1.165, 1.54) is 18.2 Å². The Morgan fingerprint density at radius 3 is 2.43 bits per heavy atom. The third-order valence-electron chi connectivity index (χ3n) is 2.70. The molecule has 2 rings (SSSR count). The van der Waals surface area contributed by atoms with Gasteiger partial charge in [0.1, 0.15) is 0 Å². The lowest BCUT2D eigenvalue weighted by Gasteiger charge is -2.10. The Labute approximate surface area is 137 Å². The van der Waals surface area contributed by atoms with Crippen molar-refractivity contribution in [1.29, 1.82) is 0 Å². The van der Waals surface area contributed by atoms with Crippen LogP contribution >= 0.6 is 31.9 Å². The van der Waals surface area contributed by atoms with E-state index in [-0.39, 0.29) is 11.3 Å². The number of carbonyl (C=O) groups is 2. The zero-order chi connectivity index (χ0) is 15.6. The average molecular weight is 414 g/mol. The van der Waals surface area contributed by atoms with E-state index in [1.54, 1.807) is 18.2 Å². The van der Waals surface area contributed by atoms with Crippen LogP contribution < -0.4 is 11.1 Å². The van der Waals surface area contributed by atoms with Crippen LogP contribution in [-0.4, -0.2) is 17.0 Å². The first kappa shape index (κ1) is 15.5. The number of hydrogen-bond donors (Lipinski definition) is 3. The molecule has 4 N–H and O–H groups in total. The normalized spacial score (nSPS) is 10.2. The summed E-state index contributed by atoms with van der Waals surface area (Å²) < 4.78 is 1.23. The minimum Gasteiger partial charge on any atom is -0.478 e. The number of rotatable bonds is 3. The van der Waals surface area contributed by atoms with Crippen molar-refractivity contribution in [2.24, 2.45) is 0 Å². The fourth-order valence-corrected chi connectivity index (χ4v) is 2.50. The molecule has 0 spiro atoms. The summed E-state index contributed by atoms with van der Waals surface area (Å²) in [5.41, 5.74) is 6.64. The van der Waals surface area contributed by atoms with Crippen LogP contribution in [0.1, 0.15) is 20.7 Å². The summed E-state index contributed by atoms with van der Waals surface area (Å²) in [6, 6.07) is 9.36. The first-order valence-electron chi connectivity index (χ1n) is 5.77. The van der Waals surface area contributed by atoms with E-state index >= 15 is 0 Å². The molecule has 0 bridgehead atoms. The lowest BCUT2D eigenvalue weighted by molar-refractivity contribution is 0.0698. The van der Waals surface area contributed by atoms with Gasteiger partial charge in [-0.2, -0.15) is 0 Å². The maximum atomic E-state index is 12.3. The van der Waals surface area contributed by atoms with Crippen molar-refractivity contribution in [3.8, 4) is 0 Å². The van der Waals surface area contributed by atoms with Gasteiger partial charge in [0.15, 0.2) is 0 Å². The number of amides is 1. The average Bonchev–Trinajstić information content (AvgIpc) is 2.41. The highest BCUT2D eigenvalue weighted by Crippen LogP contribution is 2.25. The molecular formula is C14H10Br2N2O3. The number of benzene rings is 2. The molecule has 2 aromatic rings. The van der Waals surface area contributed by atoms with Crippen molar-refractivity contribution in [3.63, 3.8) is 0 Å². The van der Waals surface area contributed by atoms with Gasteiger partial charge in [0, 0.05) is 14.6 Å². The summed E-state index contributed by atoms with van der Waals surface area (Å²) in [5.74, 6) is -1.57. The van der Waals surface area contributed by atoms with Crippen molar-refractivity contribution < 1.29 is 14.7 Å². The molecule has 7 heteroatoms. The Morgan fingerprint density at radius 1 is 1.05 bits per heavy atom. The van der Waals surface area contributed by atoms with Crippen molar-refractivity contribution in [2.45, 2.75) is 0 Å². The van der Waals surface area contributed by atoms with Gasteiger partial charge in [-0.1, -0.05) is 15.9 Å². The number of hydrogen-bond acceptors (Lipinski definition) is 3. The number of carbonyl (C=O) groups excluding carboxylic acids is 1. The highest BCUT2D eigenvalue weighted by atomic mass is 79.9. The minimum atomic E-state index is -1.12. The third-order valence-corrected chi connectivity index (χ3v) is 3.88. The topological polar surface area (TPSA) is 92.4 Å². The van der Waals surface area contributed by atoms with E-state index in [4.69, 9.17) is 10.8 Å². The fraction of sp³-hybridized carbons (Fsp3) is 0. The maximum absolute atomic E-state index is 12.3. The second-order valence-corrected chi connectivity index (χ2v) is 5.96. The van der Waals surface area contributed by atoms with E-state index in [2.05, 4.69) is 37.2 Å². The number of carboxylic acid groups (broad SMARTS) is 1. The molecule has 0 aliphatic rings. The number of halogens is 2. The Kier molecular flexibility index (Phi) is 4.64. The fourth-order valence-electron chi connectivity index (χ4n) is 1.71. The SMILES string of the molecule is Nc1ccc(Br)c(C(=O)Nc2cc(Br)ccc2C(=O)O)c1. The summed E-state index contributed by atoms with van der Waals surface area (Å²) in [4.78, 5) is 23.4. The highest BCUT2D eigenvalue weighted by molar-refractivity contribution is 9.10. The largest absolute Gasteiger partial charge is 0.478 e. The van der Waals surface area contributed by atoms with E-state index < -0.39 is 11.9 Å². The standard InChI is InChI=1S/C14H10Br2N2O3/c15-7-1-3-9(14(20)21)12(5-7)18-13(19)10-6-8(17)2-4-11(10)16/h1-6H,17H2,(H,18,19)(H,20,21). The number of aromatic carboxylic acids is 1. The first-order chi connectivity index (χ1) is 9.88. The molecular weight excluding hydrogens is 404 g/mol. The lowest BCUT2D eigenvalue weighted by Crippen LogP contribution is -2.15. The van der Waals surface area contributed by atoms with Crippen LogP contribution in [0.3, 0.4) is 0 Å². The predicted octanol–water partition coefficient (Wildman–Crippen LogP) is 3.74. The molecule has 0 heterocycles. The first-order valence-corrected chi connectivity index (χ1v) is 7.36. The van der Waals surface area contributed by atoms with Crippen molar-refractivity contribution >= 4 is 55.1 Å². The van der Waals surface area contributed by atoms with Gasteiger partial charge in [-0.25, -0.2) is 4.79 Å². The lowest BCUT2D eigenvalue weighted by atomic mass is 10.1. The Hall–Kier alpha value is -1.86. The molecule has 108 valence electrons. The van der Waals surface area contributed by atoms with Gasteiger partial charge in [0.2, 0.25) is 0 Å². The zero-order valence-electron chi connectivity index (χ0n) is 10.6. The van der Waals surface area contributed by atoms with Crippen LogP contribution in [0.2, 0.25) is 0 Å². The van der Waals surface area contributed by atoms with Crippen LogP contribution in [-0.2, 0) is 0 Å². The zero-order valence-corrected chi connectivity index (χ0v) is 13.7. The Morgan fingerprint density at radius 2 is 1.76 bits per heavy atom. The number of nitrogens with one attached hydrogen (secondary N) is 1. The number of carboxylic acids is 1. The summed E-state index contributed by atoms with van der Waals surface area (Å²) in [7, 11) is 0. The van der Waals surface area contributed by atoms with E-state index in [9.17, 15) is 9.59 Å². The molecule has 0 saturated heterocycles. The summed E-state index contributed by atoms with van der Waals surface area (Å²) in [6.07, 6.45) is 0. The maximum Gasteiger partial charge on any atom is 0.337 e. The smallest absolute Gasteiger partial charge is 0.337 e. The van der Waals surface area contributed by atoms with Gasteiger partial charge in [-0.05, 0) is 52.3 Å². The van der Waals surface area contributed by atoms with Gasteiger partial charge >= 0.3 is 5.97 Å². The van der Waals surface area contributed by atoms with Crippen LogP contribution in [0.4, 0.5) is 11.4 Å². The van der Waals surface area contributed by atoms with E-state index in [0.717, 1.165) is 0 Å². The molecule has 0 aliphatic heterocycles. The molecule has 2 aromatic carbocycles. The number of nitrogens with two attached hydrogens (primary N) is 1. The van der Waals surface area contributed by atoms with Crippen LogP contribution in [0.5, 0.6) is 0 Å². The van der Waals surface area contributed by atoms with Gasteiger partial charge in [-0.15, -0.1) is 0 Å². The Bertz CT molecular complexity index is 732. The highest BCUT2D eigenvalue weighted by Gasteiger charge is 2.16. The van der Waals surface area contributed by atoms with Crippen LogP contribution in [0, 0.1) is 0 Å². The molecule has 0 fully saturated rings. The number of nitrogen functional groups attached to an aromatic ring is 1.